The van der Waals surface area contributed by atoms with Crippen LogP contribution in [0.2, 0.25) is 0 Å². The van der Waals surface area contributed by atoms with Gasteiger partial charge in [-0.3, -0.25) is 4.68 Å². The fraction of sp³-hybridized carbons (Fsp3) is 0.500. The molecule has 0 radical (unpaired) electrons. The summed E-state index contributed by atoms with van der Waals surface area (Å²) in [6, 6.07) is 8.81. The molecule has 0 saturated carbocycles. The van der Waals surface area contributed by atoms with Crippen molar-refractivity contribution in [2.45, 2.75) is 32.4 Å². The Bertz CT molecular complexity index is 507. The van der Waals surface area contributed by atoms with Gasteiger partial charge in [-0.05, 0) is 25.8 Å². The summed E-state index contributed by atoms with van der Waals surface area (Å²) in [6.07, 6.45) is 2.16. The normalized spacial score (nSPS) is 13.1. The maximum absolute atomic E-state index is 5.70. The average molecular weight is 266 g/mol. The first-order valence-corrected chi connectivity index (χ1v) is 6.95. The molecule has 0 fully saturated rings. The molecule has 0 aliphatic carbocycles. The Balaban J connectivity index is 2.03. The lowest BCUT2D eigenvalue weighted by molar-refractivity contribution is 0.504. The number of nitrogens with zero attached hydrogens (tertiary/aromatic N) is 2. The van der Waals surface area contributed by atoms with E-state index in [2.05, 4.69) is 35.5 Å². The van der Waals surface area contributed by atoms with Crippen LogP contribution in [0.3, 0.4) is 0 Å². The van der Waals surface area contributed by atoms with Gasteiger partial charge in [0.25, 0.3) is 0 Å². The molecule has 1 heterocycles. The summed E-state index contributed by atoms with van der Waals surface area (Å²) in [5, 5.41) is 9.31. The molecule has 0 saturated heterocycles. The van der Waals surface area contributed by atoms with Crippen molar-refractivity contribution in [2.75, 3.05) is 5.88 Å². The lowest BCUT2D eigenvalue weighted by Gasteiger charge is -2.11. The van der Waals surface area contributed by atoms with E-state index in [0.717, 1.165) is 31.0 Å². The molecule has 1 N–H and O–H groups in total. The Morgan fingerprint density at radius 2 is 2.17 bits per heavy atom. The number of aromatic nitrogens is 2. The van der Waals surface area contributed by atoms with Gasteiger partial charge < -0.3 is 5.32 Å². The van der Waals surface area contributed by atoms with Gasteiger partial charge in [0, 0.05) is 30.9 Å². The predicted molar refractivity (Wildman–Crippen MR) is 77.0 cm³/mol. The quantitative estimate of drug-likeness (QED) is 0.814. The topological polar surface area (TPSA) is 29.9 Å². The van der Waals surface area contributed by atoms with Crippen LogP contribution < -0.4 is 5.32 Å². The molecule has 1 aromatic heterocycles. The molecule has 1 atom stereocenters. The summed E-state index contributed by atoms with van der Waals surface area (Å²) < 4.78 is 1.94. The van der Waals surface area contributed by atoms with E-state index in [1.807, 2.05) is 17.8 Å². The van der Waals surface area contributed by atoms with Crippen molar-refractivity contribution in [3.8, 4) is 0 Å². The second kappa shape index (κ2) is 6.21. The van der Waals surface area contributed by atoms with Crippen LogP contribution in [-0.4, -0.2) is 21.7 Å². The second-order valence-corrected chi connectivity index (χ2v) is 5.08. The first kappa shape index (κ1) is 13.4. The number of para-hydroxylation sites is 1. The predicted octanol–water partition coefficient (Wildman–Crippen LogP) is 3.07. The van der Waals surface area contributed by atoms with Gasteiger partial charge in [0.1, 0.15) is 0 Å². The van der Waals surface area contributed by atoms with Crippen molar-refractivity contribution in [3.63, 3.8) is 0 Å². The maximum atomic E-state index is 5.70. The van der Waals surface area contributed by atoms with Crippen LogP contribution in [0.15, 0.2) is 24.3 Å². The van der Waals surface area contributed by atoms with Crippen LogP contribution in [0, 0.1) is 0 Å². The third kappa shape index (κ3) is 3.03. The van der Waals surface area contributed by atoms with Crippen molar-refractivity contribution in [1.82, 2.24) is 15.1 Å². The third-order valence-electron chi connectivity index (χ3n) is 3.22. The molecule has 2 aromatic rings. The van der Waals surface area contributed by atoms with Crippen molar-refractivity contribution in [2.24, 2.45) is 7.05 Å². The van der Waals surface area contributed by atoms with E-state index in [1.54, 1.807) is 0 Å². The molecule has 0 spiro atoms. The van der Waals surface area contributed by atoms with Crippen LogP contribution >= 0.6 is 11.6 Å². The number of hydrogen-bond acceptors (Lipinski definition) is 2. The van der Waals surface area contributed by atoms with Crippen LogP contribution in [-0.2, 0) is 13.6 Å². The van der Waals surface area contributed by atoms with Crippen molar-refractivity contribution in [3.05, 3.63) is 30.0 Å². The van der Waals surface area contributed by atoms with Gasteiger partial charge in [-0.2, -0.15) is 5.10 Å². The lowest BCUT2D eigenvalue weighted by Crippen LogP contribution is -2.25. The molecule has 3 nitrogen and oxygen atoms in total. The highest BCUT2D eigenvalue weighted by atomic mass is 35.5. The molecular weight excluding hydrogens is 246 g/mol. The highest BCUT2D eigenvalue weighted by Gasteiger charge is 2.08. The molecule has 4 heteroatoms. The summed E-state index contributed by atoms with van der Waals surface area (Å²) in [4.78, 5) is 0. The molecule has 98 valence electrons. The van der Waals surface area contributed by atoms with E-state index < -0.39 is 0 Å². The average Bonchev–Trinajstić information content (AvgIpc) is 2.71. The van der Waals surface area contributed by atoms with E-state index in [9.17, 15) is 0 Å². The molecular formula is C14H20ClN3. The zero-order valence-corrected chi connectivity index (χ0v) is 11.7. The van der Waals surface area contributed by atoms with Gasteiger partial charge in [0.15, 0.2) is 0 Å². The smallest absolute Gasteiger partial charge is 0.0841 e. The van der Waals surface area contributed by atoms with Gasteiger partial charge >= 0.3 is 0 Å². The molecule has 0 amide bonds. The minimum absolute atomic E-state index is 0.476. The standard InChI is InChI=1S/C14H20ClN3/c1-11(6-5-9-15)16-10-13-12-7-3-4-8-14(12)18(2)17-13/h3-4,7-8,11,16H,5-6,9-10H2,1-2H3. The van der Waals surface area contributed by atoms with E-state index in [0.29, 0.717) is 6.04 Å². The van der Waals surface area contributed by atoms with E-state index >= 15 is 0 Å². The SMILES string of the molecule is CC(CCCCl)NCc1nn(C)c2ccccc12. The highest BCUT2D eigenvalue weighted by molar-refractivity contribution is 6.17. The molecule has 0 aliphatic heterocycles. The monoisotopic (exact) mass is 265 g/mol. The summed E-state index contributed by atoms with van der Waals surface area (Å²) in [7, 11) is 1.99. The first-order chi connectivity index (χ1) is 8.72. The zero-order chi connectivity index (χ0) is 13.0. The van der Waals surface area contributed by atoms with Gasteiger partial charge in [0.2, 0.25) is 0 Å². The number of alkyl halides is 1. The number of aryl methyl sites for hydroxylation is 1. The van der Waals surface area contributed by atoms with E-state index in [-0.39, 0.29) is 0 Å². The summed E-state index contributed by atoms with van der Waals surface area (Å²) in [5.41, 5.74) is 2.30. The molecule has 0 aliphatic rings. The Labute approximate surface area is 113 Å². The maximum Gasteiger partial charge on any atom is 0.0841 e. The lowest BCUT2D eigenvalue weighted by atomic mass is 10.1. The van der Waals surface area contributed by atoms with Gasteiger partial charge in [-0.1, -0.05) is 18.2 Å². The summed E-state index contributed by atoms with van der Waals surface area (Å²) in [5.74, 6) is 0.735. The van der Waals surface area contributed by atoms with Crippen LogP contribution in [0.5, 0.6) is 0 Å². The minimum atomic E-state index is 0.476. The molecule has 1 unspecified atom stereocenters. The van der Waals surface area contributed by atoms with E-state index in [4.69, 9.17) is 11.6 Å². The number of fused-ring (bicyclic) bond motifs is 1. The largest absolute Gasteiger partial charge is 0.309 e. The highest BCUT2D eigenvalue weighted by Crippen LogP contribution is 2.17. The first-order valence-electron chi connectivity index (χ1n) is 6.42. The summed E-state index contributed by atoms with van der Waals surface area (Å²) >= 11 is 5.70. The van der Waals surface area contributed by atoms with Crippen molar-refractivity contribution < 1.29 is 0 Å². The van der Waals surface area contributed by atoms with E-state index in [1.165, 1.54) is 10.9 Å². The summed E-state index contributed by atoms with van der Waals surface area (Å²) in [6.45, 7) is 3.00. The van der Waals surface area contributed by atoms with Crippen molar-refractivity contribution >= 4 is 22.5 Å². The van der Waals surface area contributed by atoms with Gasteiger partial charge in [-0.25, -0.2) is 0 Å². The van der Waals surface area contributed by atoms with Crippen molar-refractivity contribution in [1.29, 1.82) is 0 Å². The Morgan fingerprint density at radius 1 is 1.39 bits per heavy atom. The van der Waals surface area contributed by atoms with Crippen LogP contribution in [0.25, 0.3) is 10.9 Å². The van der Waals surface area contributed by atoms with Gasteiger partial charge in [0.05, 0.1) is 11.2 Å². The third-order valence-corrected chi connectivity index (χ3v) is 3.49. The van der Waals surface area contributed by atoms with Crippen LogP contribution in [0.4, 0.5) is 0 Å². The van der Waals surface area contributed by atoms with Gasteiger partial charge in [-0.15, -0.1) is 11.6 Å². The minimum Gasteiger partial charge on any atom is -0.309 e. The molecule has 0 bridgehead atoms. The zero-order valence-electron chi connectivity index (χ0n) is 11.0. The molecule has 1 aromatic carbocycles. The fourth-order valence-electron chi connectivity index (χ4n) is 2.18. The number of rotatable bonds is 6. The van der Waals surface area contributed by atoms with Crippen LogP contribution in [0.1, 0.15) is 25.5 Å². The number of nitrogens with one attached hydrogen (secondary N) is 1. The Hall–Kier alpha value is -1.06. The fourth-order valence-corrected chi connectivity index (χ4v) is 2.33. The molecule has 2 rings (SSSR count). The number of benzene rings is 1. The number of hydrogen-bond donors (Lipinski definition) is 1. The molecule has 18 heavy (non-hydrogen) atoms. The Morgan fingerprint density at radius 3 is 2.94 bits per heavy atom. The Kier molecular flexibility index (Phi) is 4.61. The second-order valence-electron chi connectivity index (χ2n) is 4.70. The number of halogens is 1.